The predicted molar refractivity (Wildman–Crippen MR) is 59.8 cm³/mol. The molecule has 4 N–H and O–H groups in total. The van der Waals surface area contributed by atoms with E-state index in [1.807, 2.05) is 0 Å². The van der Waals surface area contributed by atoms with Crippen LogP contribution < -0.4 is 16.4 Å². The average molecular weight is 221 g/mol. The molecule has 1 aromatic heterocycles. The first-order valence-electron chi connectivity index (χ1n) is 5.35. The summed E-state index contributed by atoms with van der Waals surface area (Å²) in [5.41, 5.74) is 5.79. The van der Waals surface area contributed by atoms with E-state index in [9.17, 15) is 4.79 Å². The summed E-state index contributed by atoms with van der Waals surface area (Å²) in [4.78, 5) is 19.6. The second-order valence-electron chi connectivity index (χ2n) is 3.79. The molecular formula is C10H15N5O. The molecule has 86 valence electrons. The number of carbonyl (C=O) groups is 1. The normalized spacial score (nSPS) is 17.0. The van der Waals surface area contributed by atoms with Crippen LogP contribution in [-0.4, -0.2) is 35.0 Å². The molecule has 1 aromatic rings. The summed E-state index contributed by atoms with van der Waals surface area (Å²) in [6, 6.07) is 0.204. The Morgan fingerprint density at radius 3 is 2.75 bits per heavy atom. The SMILES string of the molecule is Nc1nccnc1C(=O)NC1CCNCC1. The molecule has 0 saturated carbocycles. The van der Waals surface area contributed by atoms with E-state index >= 15 is 0 Å². The molecule has 0 aliphatic carbocycles. The average Bonchev–Trinajstić information content (AvgIpc) is 2.31. The summed E-state index contributed by atoms with van der Waals surface area (Å²) in [6.07, 6.45) is 4.81. The summed E-state index contributed by atoms with van der Waals surface area (Å²) >= 11 is 0. The fraction of sp³-hybridized carbons (Fsp3) is 0.500. The van der Waals surface area contributed by atoms with Gasteiger partial charge in [-0.05, 0) is 25.9 Å². The van der Waals surface area contributed by atoms with Gasteiger partial charge in [0.1, 0.15) is 0 Å². The fourth-order valence-corrected chi connectivity index (χ4v) is 1.74. The molecule has 0 radical (unpaired) electrons. The first-order chi connectivity index (χ1) is 7.77. The molecule has 0 bridgehead atoms. The van der Waals surface area contributed by atoms with Gasteiger partial charge in [-0.1, -0.05) is 0 Å². The molecule has 1 aliphatic heterocycles. The highest BCUT2D eigenvalue weighted by atomic mass is 16.2. The van der Waals surface area contributed by atoms with Gasteiger partial charge in [0.05, 0.1) is 0 Å². The van der Waals surface area contributed by atoms with Crippen LogP contribution in [0.3, 0.4) is 0 Å². The molecule has 6 nitrogen and oxygen atoms in total. The maximum atomic E-state index is 11.8. The van der Waals surface area contributed by atoms with Crippen molar-refractivity contribution in [2.24, 2.45) is 0 Å². The molecule has 1 fully saturated rings. The highest BCUT2D eigenvalue weighted by molar-refractivity contribution is 5.96. The summed E-state index contributed by atoms with van der Waals surface area (Å²) in [5.74, 6) is -0.0635. The number of hydrogen-bond donors (Lipinski definition) is 3. The molecule has 1 saturated heterocycles. The Bertz CT molecular complexity index is 375. The van der Waals surface area contributed by atoms with E-state index in [1.165, 1.54) is 12.4 Å². The number of nitrogens with one attached hydrogen (secondary N) is 2. The topological polar surface area (TPSA) is 92.9 Å². The van der Waals surface area contributed by atoms with E-state index in [-0.39, 0.29) is 23.5 Å². The zero-order chi connectivity index (χ0) is 11.4. The monoisotopic (exact) mass is 221 g/mol. The number of hydrogen-bond acceptors (Lipinski definition) is 5. The van der Waals surface area contributed by atoms with Gasteiger partial charge in [-0.2, -0.15) is 0 Å². The van der Waals surface area contributed by atoms with E-state index < -0.39 is 0 Å². The van der Waals surface area contributed by atoms with Crippen LogP contribution in [0.25, 0.3) is 0 Å². The number of aromatic nitrogens is 2. The Balaban J connectivity index is 2.00. The van der Waals surface area contributed by atoms with E-state index in [4.69, 9.17) is 5.73 Å². The quantitative estimate of drug-likeness (QED) is 0.628. The Kier molecular flexibility index (Phi) is 3.31. The van der Waals surface area contributed by atoms with E-state index in [1.54, 1.807) is 0 Å². The molecule has 0 spiro atoms. The van der Waals surface area contributed by atoms with Gasteiger partial charge in [0, 0.05) is 18.4 Å². The molecule has 1 amide bonds. The van der Waals surface area contributed by atoms with Crippen molar-refractivity contribution in [1.82, 2.24) is 20.6 Å². The van der Waals surface area contributed by atoms with Crippen molar-refractivity contribution in [3.05, 3.63) is 18.1 Å². The van der Waals surface area contributed by atoms with Crippen molar-refractivity contribution in [2.75, 3.05) is 18.8 Å². The molecule has 0 aromatic carbocycles. The van der Waals surface area contributed by atoms with Gasteiger partial charge in [0.2, 0.25) is 0 Å². The Hall–Kier alpha value is -1.69. The molecule has 6 heteroatoms. The van der Waals surface area contributed by atoms with Gasteiger partial charge in [0.15, 0.2) is 11.5 Å². The van der Waals surface area contributed by atoms with E-state index in [2.05, 4.69) is 20.6 Å². The lowest BCUT2D eigenvalue weighted by molar-refractivity contribution is 0.0925. The molecular weight excluding hydrogens is 206 g/mol. The van der Waals surface area contributed by atoms with Crippen LogP contribution in [-0.2, 0) is 0 Å². The molecule has 2 rings (SSSR count). The number of anilines is 1. The van der Waals surface area contributed by atoms with Crippen LogP contribution in [0.1, 0.15) is 23.3 Å². The van der Waals surface area contributed by atoms with Gasteiger partial charge in [0.25, 0.3) is 5.91 Å². The molecule has 0 unspecified atom stereocenters. The maximum Gasteiger partial charge on any atom is 0.273 e. The molecule has 1 aliphatic rings. The summed E-state index contributed by atoms with van der Waals surface area (Å²) in [6.45, 7) is 1.86. The van der Waals surface area contributed by atoms with Gasteiger partial charge in [-0.3, -0.25) is 4.79 Å². The Morgan fingerprint density at radius 2 is 2.06 bits per heavy atom. The second-order valence-corrected chi connectivity index (χ2v) is 3.79. The van der Waals surface area contributed by atoms with Crippen LogP contribution in [0.5, 0.6) is 0 Å². The largest absolute Gasteiger partial charge is 0.382 e. The van der Waals surface area contributed by atoms with Crippen molar-refractivity contribution in [3.63, 3.8) is 0 Å². The zero-order valence-electron chi connectivity index (χ0n) is 8.94. The standard InChI is InChI=1S/C10H15N5O/c11-9-8(13-5-6-14-9)10(16)15-7-1-3-12-4-2-7/h5-7,12H,1-4H2,(H2,11,14)(H,15,16). The minimum Gasteiger partial charge on any atom is -0.382 e. The van der Waals surface area contributed by atoms with Crippen molar-refractivity contribution in [3.8, 4) is 0 Å². The number of rotatable bonds is 2. The van der Waals surface area contributed by atoms with Gasteiger partial charge in [-0.25, -0.2) is 9.97 Å². The number of nitrogen functional groups attached to an aromatic ring is 1. The lowest BCUT2D eigenvalue weighted by Crippen LogP contribution is -2.43. The van der Waals surface area contributed by atoms with Gasteiger partial charge in [-0.15, -0.1) is 0 Å². The number of amides is 1. The summed E-state index contributed by atoms with van der Waals surface area (Å²) < 4.78 is 0. The highest BCUT2D eigenvalue weighted by Crippen LogP contribution is 2.06. The zero-order valence-corrected chi connectivity index (χ0v) is 8.94. The van der Waals surface area contributed by atoms with Crippen molar-refractivity contribution in [1.29, 1.82) is 0 Å². The van der Waals surface area contributed by atoms with Crippen LogP contribution >= 0.6 is 0 Å². The smallest absolute Gasteiger partial charge is 0.273 e. The van der Waals surface area contributed by atoms with Crippen molar-refractivity contribution >= 4 is 11.7 Å². The van der Waals surface area contributed by atoms with Crippen LogP contribution in [0.15, 0.2) is 12.4 Å². The third-order valence-corrected chi connectivity index (χ3v) is 2.62. The van der Waals surface area contributed by atoms with Crippen LogP contribution in [0.4, 0.5) is 5.82 Å². The number of carbonyl (C=O) groups excluding carboxylic acids is 1. The lowest BCUT2D eigenvalue weighted by Gasteiger charge is -2.23. The lowest BCUT2D eigenvalue weighted by atomic mass is 10.1. The maximum absolute atomic E-state index is 11.8. The molecule has 16 heavy (non-hydrogen) atoms. The van der Waals surface area contributed by atoms with E-state index in [0.29, 0.717) is 0 Å². The Morgan fingerprint density at radius 1 is 1.38 bits per heavy atom. The van der Waals surface area contributed by atoms with Gasteiger partial charge >= 0.3 is 0 Å². The van der Waals surface area contributed by atoms with Crippen LogP contribution in [0.2, 0.25) is 0 Å². The van der Waals surface area contributed by atoms with E-state index in [0.717, 1.165) is 25.9 Å². The summed E-state index contributed by atoms with van der Waals surface area (Å²) in [5, 5.41) is 6.15. The third kappa shape index (κ3) is 2.46. The predicted octanol–water partition coefficient (Wildman–Crippen LogP) is -0.459. The second kappa shape index (κ2) is 4.89. The van der Waals surface area contributed by atoms with Crippen molar-refractivity contribution < 1.29 is 4.79 Å². The number of piperidine rings is 1. The molecule has 2 heterocycles. The molecule has 0 atom stereocenters. The van der Waals surface area contributed by atoms with Crippen LogP contribution in [0, 0.1) is 0 Å². The van der Waals surface area contributed by atoms with Gasteiger partial charge < -0.3 is 16.4 Å². The first kappa shape index (κ1) is 10.8. The highest BCUT2D eigenvalue weighted by Gasteiger charge is 2.18. The Labute approximate surface area is 93.7 Å². The fourth-order valence-electron chi connectivity index (χ4n) is 1.74. The number of nitrogens with zero attached hydrogens (tertiary/aromatic N) is 2. The van der Waals surface area contributed by atoms with Crippen molar-refractivity contribution in [2.45, 2.75) is 18.9 Å². The minimum absolute atomic E-state index is 0.175. The first-order valence-corrected chi connectivity index (χ1v) is 5.35. The third-order valence-electron chi connectivity index (χ3n) is 2.62. The summed E-state index contributed by atoms with van der Waals surface area (Å²) in [7, 11) is 0. The number of nitrogens with two attached hydrogens (primary N) is 1. The minimum atomic E-state index is -0.238.